The van der Waals surface area contributed by atoms with Crippen LogP contribution >= 0.6 is 0 Å². The van der Waals surface area contributed by atoms with E-state index in [1.165, 1.54) is 0 Å². The molecule has 0 saturated heterocycles. The van der Waals surface area contributed by atoms with Crippen LogP contribution < -0.4 is 0 Å². The lowest BCUT2D eigenvalue weighted by Crippen LogP contribution is -2.33. The lowest BCUT2D eigenvalue weighted by molar-refractivity contribution is -0.145. The number of aliphatic hydroxyl groups is 2. The zero-order valence-corrected chi connectivity index (χ0v) is 13.4. The highest BCUT2D eigenvalue weighted by Gasteiger charge is 2.18. The number of nitrogens with zero attached hydrogens (tertiary/aromatic N) is 1. The van der Waals surface area contributed by atoms with E-state index in [0.717, 1.165) is 6.42 Å². The second-order valence-electron chi connectivity index (χ2n) is 6.58. The molecule has 0 amide bonds. The van der Waals surface area contributed by atoms with Gasteiger partial charge in [0.15, 0.2) is 0 Å². The van der Waals surface area contributed by atoms with Crippen LogP contribution in [0.3, 0.4) is 0 Å². The minimum absolute atomic E-state index is 0.0383. The Kier molecular flexibility index (Phi) is 9.80. The van der Waals surface area contributed by atoms with E-state index < -0.39 is 0 Å². The molecule has 1 unspecified atom stereocenters. The lowest BCUT2D eigenvalue weighted by atomic mass is 9.84. The fourth-order valence-corrected chi connectivity index (χ4v) is 2.37. The average molecular weight is 289 g/mol. The summed E-state index contributed by atoms with van der Waals surface area (Å²) in [6.07, 6.45) is 1.43. The zero-order valence-electron chi connectivity index (χ0n) is 13.4. The van der Waals surface area contributed by atoms with Crippen molar-refractivity contribution < 1.29 is 19.7 Å². The average Bonchev–Trinajstić information content (AvgIpc) is 2.26. The summed E-state index contributed by atoms with van der Waals surface area (Å²) in [6, 6.07) is 0. The Balaban J connectivity index is 3.86. The summed E-state index contributed by atoms with van der Waals surface area (Å²) in [4.78, 5) is 13.6. The van der Waals surface area contributed by atoms with Gasteiger partial charge in [-0.25, -0.2) is 0 Å². The largest absolute Gasteiger partial charge is 0.464 e. The summed E-state index contributed by atoms with van der Waals surface area (Å²) < 4.78 is 5.21. The van der Waals surface area contributed by atoms with Crippen LogP contribution in [0.1, 0.15) is 40.5 Å². The van der Waals surface area contributed by atoms with Crippen LogP contribution in [0.4, 0.5) is 0 Å². The second-order valence-corrected chi connectivity index (χ2v) is 6.58. The summed E-state index contributed by atoms with van der Waals surface area (Å²) in [5, 5.41) is 17.7. The van der Waals surface area contributed by atoms with Crippen molar-refractivity contribution >= 4 is 5.97 Å². The molecule has 0 aliphatic carbocycles. The van der Waals surface area contributed by atoms with Gasteiger partial charge in [-0.1, -0.05) is 27.7 Å². The molecule has 5 nitrogen and oxygen atoms in total. The second kappa shape index (κ2) is 10.1. The fourth-order valence-electron chi connectivity index (χ4n) is 2.37. The number of aliphatic hydroxyl groups excluding tert-OH is 2. The molecular formula is C15H31NO4. The Labute approximate surface area is 122 Å². The van der Waals surface area contributed by atoms with Gasteiger partial charge in [0.1, 0.15) is 6.61 Å². The minimum Gasteiger partial charge on any atom is -0.464 e. The molecule has 2 N–H and O–H groups in total. The molecule has 0 aromatic heterocycles. The summed E-state index contributed by atoms with van der Waals surface area (Å²) in [6.45, 7) is 10.4. The molecule has 0 aliphatic heterocycles. The lowest BCUT2D eigenvalue weighted by Gasteiger charge is -2.23. The SMILES string of the molecule is CC(CC(=O)OCCN(CCO)CCO)CC(C)(C)C. The topological polar surface area (TPSA) is 70.0 Å². The van der Waals surface area contributed by atoms with Crippen LogP contribution in [-0.4, -0.2) is 60.5 Å². The first-order valence-electron chi connectivity index (χ1n) is 7.38. The zero-order chi connectivity index (χ0) is 15.6. The van der Waals surface area contributed by atoms with Gasteiger partial charge in [0, 0.05) is 26.1 Å². The predicted octanol–water partition coefficient (Wildman–Crippen LogP) is 1.28. The van der Waals surface area contributed by atoms with Crippen LogP contribution in [0, 0.1) is 11.3 Å². The summed E-state index contributed by atoms with van der Waals surface area (Å²) >= 11 is 0. The molecule has 0 aromatic carbocycles. The van der Waals surface area contributed by atoms with E-state index in [1.54, 1.807) is 0 Å². The molecule has 20 heavy (non-hydrogen) atoms. The molecule has 0 rings (SSSR count). The van der Waals surface area contributed by atoms with Gasteiger partial charge in [-0.3, -0.25) is 9.69 Å². The maximum atomic E-state index is 11.7. The molecule has 0 fully saturated rings. The number of carbonyl (C=O) groups excluding carboxylic acids is 1. The number of carbonyl (C=O) groups is 1. The quantitative estimate of drug-likeness (QED) is 0.593. The van der Waals surface area contributed by atoms with Crippen molar-refractivity contribution in [3.63, 3.8) is 0 Å². The number of rotatable bonds is 10. The minimum atomic E-state index is -0.172. The van der Waals surface area contributed by atoms with Gasteiger partial charge >= 0.3 is 5.97 Å². The van der Waals surface area contributed by atoms with E-state index in [1.807, 2.05) is 4.90 Å². The van der Waals surface area contributed by atoms with Gasteiger partial charge < -0.3 is 14.9 Å². The Morgan fingerprint density at radius 2 is 1.70 bits per heavy atom. The molecule has 0 radical (unpaired) electrons. The van der Waals surface area contributed by atoms with Gasteiger partial charge in [-0.05, 0) is 17.8 Å². The number of hydrogen-bond acceptors (Lipinski definition) is 5. The van der Waals surface area contributed by atoms with E-state index in [4.69, 9.17) is 14.9 Å². The third-order valence-corrected chi connectivity index (χ3v) is 2.98. The molecule has 0 saturated carbocycles. The van der Waals surface area contributed by atoms with Crippen molar-refractivity contribution in [2.45, 2.75) is 40.5 Å². The first kappa shape index (κ1) is 19.4. The maximum Gasteiger partial charge on any atom is 0.306 e. The standard InChI is InChI=1S/C15H31NO4/c1-13(12-15(2,3)4)11-14(19)20-10-7-16(5-8-17)6-9-18/h13,17-18H,5-12H2,1-4H3. The molecule has 0 bridgehead atoms. The Bertz CT molecular complexity index is 257. The van der Waals surface area contributed by atoms with Crippen LogP contribution in [-0.2, 0) is 9.53 Å². The fraction of sp³-hybridized carbons (Fsp3) is 0.933. The Hall–Kier alpha value is -0.650. The van der Waals surface area contributed by atoms with E-state index in [2.05, 4.69) is 27.7 Å². The molecule has 0 aromatic rings. The summed E-state index contributed by atoms with van der Waals surface area (Å²) in [5.74, 6) is 0.142. The Morgan fingerprint density at radius 3 is 2.15 bits per heavy atom. The number of esters is 1. The molecule has 0 aliphatic rings. The monoisotopic (exact) mass is 289 g/mol. The van der Waals surface area contributed by atoms with E-state index in [0.29, 0.717) is 38.6 Å². The van der Waals surface area contributed by atoms with Crippen molar-refractivity contribution in [2.24, 2.45) is 11.3 Å². The van der Waals surface area contributed by atoms with Crippen LogP contribution in [0.15, 0.2) is 0 Å². The molecular weight excluding hydrogens is 258 g/mol. The normalized spacial score (nSPS) is 13.6. The van der Waals surface area contributed by atoms with Gasteiger partial charge in [-0.2, -0.15) is 0 Å². The Morgan fingerprint density at radius 1 is 1.15 bits per heavy atom. The van der Waals surface area contributed by atoms with Crippen LogP contribution in [0.2, 0.25) is 0 Å². The third-order valence-electron chi connectivity index (χ3n) is 2.98. The highest BCUT2D eigenvalue weighted by Crippen LogP contribution is 2.25. The third kappa shape index (κ3) is 11.2. The molecule has 5 heteroatoms. The highest BCUT2D eigenvalue weighted by molar-refractivity contribution is 5.69. The van der Waals surface area contributed by atoms with Gasteiger partial charge in [0.2, 0.25) is 0 Å². The van der Waals surface area contributed by atoms with Crippen molar-refractivity contribution in [3.05, 3.63) is 0 Å². The van der Waals surface area contributed by atoms with E-state index in [-0.39, 0.29) is 24.6 Å². The van der Waals surface area contributed by atoms with Crippen molar-refractivity contribution in [1.82, 2.24) is 4.90 Å². The number of hydrogen-bond donors (Lipinski definition) is 2. The first-order valence-corrected chi connectivity index (χ1v) is 7.38. The molecule has 0 spiro atoms. The number of ether oxygens (including phenoxy) is 1. The van der Waals surface area contributed by atoms with Crippen molar-refractivity contribution in [2.75, 3.05) is 39.5 Å². The van der Waals surface area contributed by atoms with E-state index >= 15 is 0 Å². The summed E-state index contributed by atoms with van der Waals surface area (Å²) in [5.41, 5.74) is 0.221. The van der Waals surface area contributed by atoms with Gasteiger partial charge in [-0.15, -0.1) is 0 Å². The van der Waals surface area contributed by atoms with Crippen molar-refractivity contribution in [1.29, 1.82) is 0 Å². The van der Waals surface area contributed by atoms with Crippen LogP contribution in [0.5, 0.6) is 0 Å². The van der Waals surface area contributed by atoms with E-state index in [9.17, 15) is 4.79 Å². The van der Waals surface area contributed by atoms with Crippen LogP contribution in [0.25, 0.3) is 0 Å². The molecule has 120 valence electrons. The predicted molar refractivity (Wildman–Crippen MR) is 79.4 cm³/mol. The molecule has 0 heterocycles. The first-order chi connectivity index (χ1) is 9.28. The smallest absolute Gasteiger partial charge is 0.306 e. The van der Waals surface area contributed by atoms with Gasteiger partial charge in [0.05, 0.1) is 13.2 Å². The summed E-state index contributed by atoms with van der Waals surface area (Å²) in [7, 11) is 0. The molecule has 1 atom stereocenters. The maximum absolute atomic E-state index is 11.7. The van der Waals surface area contributed by atoms with Crippen molar-refractivity contribution in [3.8, 4) is 0 Å². The van der Waals surface area contributed by atoms with Gasteiger partial charge in [0.25, 0.3) is 0 Å². The highest BCUT2D eigenvalue weighted by atomic mass is 16.5.